The van der Waals surface area contributed by atoms with Crippen molar-refractivity contribution in [2.75, 3.05) is 18.9 Å². The van der Waals surface area contributed by atoms with Gasteiger partial charge in [-0.3, -0.25) is 9.48 Å². The van der Waals surface area contributed by atoms with E-state index >= 15 is 0 Å². The molecule has 1 heterocycles. The lowest BCUT2D eigenvalue weighted by atomic mass is 9.99. The van der Waals surface area contributed by atoms with Gasteiger partial charge in [0.2, 0.25) is 0 Å². The van der Waals surface area contributed by atoms with Gasteiger partial charge in [0.25, 0.3) is 15.9 Å². The molecule has 0 unspecified atom stereocenters. The summed E-state index contributed by atoms with van der Waals surface area (Å²) in [5.74, 6) is -0.653. The van der Waals surface area contributed by atoms with Crippen LogP contribution in [-0.4, -0.2) is 65.1 Å². The first-order valence-corrected chi connectivity index (χ1v) is 12.2. The molecule has 1 aromatic heterocycles. The molecule has 178 valence electrons. The Morgan fingerprint density at radius 3 is 2.30 bits per heavy atom. The van der Waals surface area contributed by atoms with Gasteiger partial charge in [0.1, 0.15) is 5.69 Å². The topological polar surface area (TPSA) is 154 Å². The van der Waals surface area contributed by atoms with Gasteiger partial charge in [-0.05, 0) is 60.8 Å². The summed E-state index contributed by atoms with van der Waals surface area (Å²) in [4.78, 5) is 26.2. The number of amides is 3. The van der Waals surface area contributed by atoms with Crippen LogP contribution >= 0.6 is 0 Å². The molecule has 2 aliphatic rings. The molecule has 0 saturated heterocycles. The number of aliphatic hydroxyl groups is 2. The van der Waals surface area contributed by atoms with E-state index < -0.39 is 33.3 Å². The first kappa shape index (κ1) is 23.2. The molecule has 0 atom stereocenters. The standard InChI is InChI=1S/C21H27N5O6S/c1-25(11-18(27)28)20(29)16-10-17(23-26(16)2)33(31,32)24-21(30)22-19-14-7-3-5-12(14)9-13-6-4-8-15(13)19/h9-10,18,27-28H,3-8,11H2,1-2H3,(H2,22,24,30). The SMILES string of the molecule is CN(CC(O)O)C(=O)c1cc(S(=O)(=O)NC(=O)Nc2c3c(cc4c2CCC4)CCC3)nn1C. The third-order valence-corrected chi connectivity index (χ3v) is 7.28. The lowest BCUT2D eigenvalue weighted by molar-refractivity contribution is -0.0535. The summed E-state index contributed by atoms with van der Waals surface area (Å²) in [6.07, 6.45) is 3.84. The van der Waals surface area contributed by atoms with Crippen LogP contribution < -0.4 is 10.0 Å². The number of urea groups is 1. The number of benzene rings is 1. The zero-order chi connectivity index (χ0) is 23.9. The maximum absolute atomic E-state index is 12.8. The average Bonchev–Trinajstić information content (AvgIpc) is 3.45. The van der Waals surface area contributed by atoms with Crippen LogP contribution in [0.25, 0.3) is 0 Å². The number of sulfonamides is 1. The van der Waals surface area contributed by atoms with Crippen molar-refractivity contribution in [3.63, 3.8) is 0 Å². The minimum absolute atomic E-state index is 0.0855. The molecule has 2 aromatic rings. The summed E-state index contributed by atoms with van der Waals surface area (Å²) >= 11 is 0. The summed E-state index contributed by atoms with van der Waals surface area (Å²) < 4.78 is 28.6. The second-order valence-corrected chi connectivity index (χ2v) is 10.1. The Bertz CT molecular complexity index is 1190. The molecule has 12 heteroatoms. The van der Waals surface area contributed by atoms with E-state index in [9.17, 15) is 18.0 Å². The van der Waals surface area contributed by atoms with Crippen molar-refractivity contribution < 1.29 is 28.2 Å². The second kappa shape index (κ2) is 8.76. The molecule has 4 rings (SSSR count). The number of anilines is 1. The van der Waals surface area contributed by atoms with Gasteiger partial charge in [0, 0.05) is 25.8 Å². The zero-order valence-corrected chi connectivity index (χ0v) is 19.3. The Morgan fingerprint density at radius 1 is 1.12 bits per heavy atom. The van der Waals surface area contributed by atoms with Crippen LogP contribution in [0.2, 0.25) is 0 Å². The van der Waals surface area contributed by atoms with Gasteiger partial charge in [-0.1, -0.05) is 6.07 Å². The number of fused-ring (bicyclic) bond motifs is 2. The van der Waals surface area contributed by atoms with Crippen LogP contribution in [0.3, 0.4) is 0 Å². The van der Waals surface area contributed by atoms with Crippen molar-refractivity contribution in [3.8, 4) is 0 Å². The summed E-state index contributed by atoms with van der Waals surface area (Å²) in [6, 6.07) is 2.36. The molecule has 4 N–H and O–H groups in total. The van der Waals surface area contributed by atoms with E-state index in [0.29, 0.717) is 5.69 Å². The van der Waals surface area contributed by atoms with E-state index in [1.165, 1.54) is 25.2 Å². The monoisotopic (exact) mass is 477 g/mol. The number of aromatic nitrogens is 2. The van der Waals surface area contributed by atoms with Gasteiger partial charge < -0.3 is 20.4 Å². The summed E-state index contributed by atoms with van der Waals surface area (Å²) in [7, 11) is -1.64. The molecular weight excluding hydrogens is 450 g/mol. The van der Waals surface area contributed by atoms with Gasteiger partial charge in [0.15, 0.2) is 11.3 Å². The van der Waals surface area contributed by atoms with Crippen molar-refractivity contribution in [2.45, 2.75) is 49.8 Å². The molecule has 33 heavy (non-hydrogen) atoms. The number of nitrogens with one attached hydrogen (secondary N) is 2. The normalized spacial score (nSPS) is 14.8. The molecule has 0 saturated carbocycles. The number of aliphatic hydroxyl groups excluding tert-OH is 1. The largest absolute Gasteiger partial charge is 0.367 e. The van der Waals surface area contributed by atoms with E-state index in [0.717, 1.165) is 65.3 Å². The van der Waals surface area contributed by atoms with Gasteiger partial charge in [-0.25, -0.2) is 9.52 Å². The molecule has 0 fully saturated rings. The number of hydrogen-bond acceptors (Lipinski definition) is 7. The molecule has 2 aliphatic carbocycles. The molecule has 0 aliphatic heterocycles. The lowest BCUT2D eigenvalue weighted by Gasteiger charge is -2.17. The van der Waals surface area contributed by atoms with Crippen molar-refractivity contribution in [1.82, 2.24) is 19.4 Å². The third kappa shape index (κ3) is 4.59. The number of likely N-dealkylation sites (N-methyl/N-ethyl adjacent to an activating group) is 1. The van der Waals surface area contributed by atoms with Crippen LogP contribution in [0.4, 0.5) is 10.5 Å². The Balaban J connectivity index is 1.53. The summed E-state index contributed by atoms with van der Waals surface area (Å²) in [5.41, 5.74) is 5.19. The summed E-state index contributed by atoms with van der Waals surface area (Å²) in [5, 5.41) is 24.2. The van der Waals surface area contributed by atoms with Crippen LogP contribution in [0, 0.1) is 0 Å². The average molecular weight is 478 g/mol. The highest BCUT2D eigenvalue weighted by atomic mass is 32.2. The van der Waals surface area contributed by atoms with Crippen molar-refractivity contribution in [1.29, 1.82) is 0 Å². The van der Waals surface area contributed by atoms with Gasteiger partial charge in [-0.15, -0.1) is 0 Å². The predicted octanol–water partition coefficient (Wildman–Crippen LogP) is 0.291. The predicted molar refractivity (Wildman–Crippen MR) is 118 cm³/mol. The van der Waals surface area contributed by atoms with Crippen LogP contribution in [0.15, 0.2) is 17.2 Å². The Hall–Kier alpha value is -2.96. The first-order chi connectivity index (χ1) is 15.6. The fraction of sp³-hybridized carbons (Fsp3) is 0.476. The molecule has 0 spiro atoms. The van der Waals surface area contributed by atoms with Crippen LogP contribution in [0.1, 0.15) is 45.6 Å². The van der Waals surface area contributed by atoms with Crippen molar-refractivity contribution in [2.24, 2.45) is 7.05 Å². The Kier molecular flexibility index (Phi) is 6.16. The Labute approximate surface area is 191 Å². The second-order valence-electron chi connectivity index (χ2n) is 8.45. The number of nitrogens with zero attached hydrogens (tertiary/aromatic N) is 3. The van der Waals surface area contributed by atoms with Crippen molar-refractivity contribution in [3.05, 3.63) is 40.1 Å². The molecule has 11 nitrogen and oxygen atoms in total. The minimum atomic E-state index is -4.36. The minimum Gasteiger partial charge on any atom is -0.367 e. The van der Waals surface area contributed by atoms with Gasteiger partial charge in [0.05, 0.1) is 6.54 Å². The maximum Gasteiger partial charge on any atom is 0.333 e. The number of carbonyl (C=O) groups excluding carboxylic acids is 2. The lowest BCUT2D eigenvalue weighted by Crippen LogP contribution is -2.35. The van der Waals surface area contributed by atoms with Gasteiger partial charge in [-0.2, -0.15) is 13.5 Å². The third-order valence-electron chi connectivity index (χ3n) is 6.07. The van der Waals surface area contributed by atoms with Crippen LogP contribution in [-0.2, 0) is 42.8 Å². The molecular formula is C21H27N5O6S. The van der Waals surface area contributed by atoms with E-state index in [4.69, 9.17) is 10.2 Å². The molecule has 0 bridgehead atoms. The quantitative estimate of drug-likeness (QED) is 0.436. The maximum atomic E-state index is 12.8. The van der Waals surface area contributed by atoms with E-state index in [2.05, 4.69) is 16.5 Å². The van der Waals surface area contributed by atoms with E-state index in [1.54, 1.807) is 0 Å². The smallest absolute Gasteiger partial charge is 0.333 e. The van der Waals surface area contributed by atoms with Gasteiger partial charge >= 0.3 is 6.03 Å². The zero-order valence-electron chi connectivity index (χ0n) is 18.5. The highest BCUT2D eigenvalue weighted by molar-refractivity contribution is 7.90. The number of rotatable bonds is 6. The highest BCUT2D eigenvalue weighted by Crippen LogP contribution is 2.38. The van der Waals surface area contributed by atoms with E-state index in [-0.39, 0.29) is 12.2 Å². The highest BCUT2D eigenvalue weighted by Gasteiger charge is 2.29. The number of hydrogen-bond donors (Lipinski definition) is 4. The molecule has 1 aromatic carbocycles. The van der Waals surface area contributed by atoms with E-state index in [1.807, 2.05) is 4.72 Å². The molecule has 3 amide bonds. The fourth-order valence-electron chi connectivity index (χ4n) is 4.58. The number of aryl methyl sites for hydroxylation is 3. The Morgan fingerprint density at radius 2 is 1.73 bits per heavy atom. The fourth-order valence-corrected chi connectivity index (χ4v) is 5.47. The van der Waals surface area contributed by atoms with Crippen molar-refractivity contribution >= 4 is 27.6 Å². The summed E-state index contributed by atoms with van der Waals surface area (Å²) in [6.45, 7) is -0.363. The first-order valence-electron chi connectivity index (χ1n) is 10.7. The van der Waals surface area contributed by atoms with Crippen LogP contribution in [0.5, 0.6) is 0 Å². The number of carbonyl (C=O) groups is 2. The molecule has 0 radical (unpaired) electrons.